The second kappa shape index (κ2) is 11.2. The topological polar surface area (TPSA) is 34.1 Å². The molecule has 0 aliphatic heterocycles. The van der Waals surface area contributed by atoms with Gasteiger partial charge in [0.05, 0.1) is 0 Å². The van der Waals surface area contributed by atoms with Crippen molar-refractivity contribution in [1.29, 1.82) is 0 Å². The molecule has 0 unspecified atom stereocenters. The van der Waals surface area contributed by atoms with Crippen LogP contribution in [0.15, 0.2) is 82.4 Å². The van der Waals surface area contributed by atoms with Crippen LogP contribution in [0.1, 0.15) is 49.9 Å². The molecule has 4 aromatic carbocycles. The summed E-state index contributed by atoms with van der Waals surface area (Å²) in [6, 6.07) is 24.3. The SMILES string of the molecule is CCc1ccc2sc3ccccc3c(=O)c2c1CC.CCc1ccc2sc3ccccc3c(=O)c2c1CC. The first-order valence-electron chi connectivity index (χ1n) is 13.4. The molecule has 0 amide bonds. The van der Waals surface area contributed by atoms with Crippen molar-refractivity contribution in [3.05, 3.63) is 115 Å². The summed E-state index contributed by atoms with van der Waals surface area (Å²) in [6.45, 7) is 8.56. The first-order chi connectivity index (χ1) is 18.5. The maximum atomic E-state index is 12.7. The van der Waals surface area contributed by atoms with Crippen LogP contribution in [0.5, 0.6) is 0 Å². The van der Waals surface area contributed by atoms with Crippen molar-refractivity contribution >= 4 is 63.0 Å². The molecule has 0 radical (unpaired) electrons. The van der Waals surface area contributed by atoms with Gasteiger partial charge in [0, 0.05) is 40.3 Å². The Balaban J connectivity index is 0.000000155. The summed E-state index contributed by atoms with van der Waals surface area (Å²) in [5.41, 5.74) is 5.44. The van der Waals surface area contributed by atoms with Crippen molar-refractivity contribution < 1.29 is 0 Å². The van der Waals surface area contributed by atoms with E-state index in [1.165, 1.54) is 22.3 Å². The van der Waals surface area contributed by atoms with Crippen molar-refractivity contribution in [3.8, 4) is 0 Å². The van der Waals surface area contributed by atoms with Crippen molar-refractivity contribution in [1.82, 2.24) is 0 Å². The van der Waals surface area contributed by atoms with E-state index in [2.05, 4.69) is 52.0 Å². The summed E-state index contributed by atoms with van der Waals surface area (Å²) in [6.07, 6.45) is 3.80. The summed E-state index contributed by atoms with van der Waals surface area (Å²) < 4.78 is 4.37. The first kappa shape index (κ1) is 26.3. The normalized spacial score (nSPS) is 11.3. The largest absolute Gasteiger partial charge is 0.288 e. The average Bonchev–Trinajstić information content (AvgIpc) is 2.96. The van der Waals surface area contributed by atoms with E-state index < -0.39 is 0 Å². The molecule has 192 valence electrons. The van der Waals surface area contributed by atoms with Gasteiger partial charge in [-0.2, -0.15) is 0 Å². The summed E-state index contributed by atoms with van der Waals surface area (Å²) in [4.78, 5) is 25.5. The van der Waals surface area contributed by atoms with Gasteiger partial charge < -0.3 is 0 Å². The Morgan fingerprint density at radius 1 is 0.474 bits per heavy atom. The fraction of sp³-hybridized carbons (Fsp3) is 0.235. The third-order valence-electron chi connectivity index (χ3n) is 7.37. The molecule has 6 rings (SSSR count). The smallest absolute Gasteiger partial charge is 0.196 e. The van der Waals surface area contributed by atoms with Gasteiger partial charge in [-0.25, -0.2) is 0 Å². The van der Waals surface area contributed by atoms with E-state index in [1.807, 2.05) is 48.5 Å². The van der Waals surface area contributed by atoms with Crippen molar-refractivity contribution in [2.75, 3.05) is 0 Å². The average molecular weight is 537 g/mol. The molecule has 0 bridgehead atoms. The van der Waals surface area contributed by atoms with Crippen LogP contribution in [0, 0.1) is 0 Å². The molecule has 4 heteroatoms. The van der Waals surface area contributed by atoms with Crippen LogP contribution in [0.2, 0.25) is 0 Å². The molecular weight excluding hydrogens is 505 g/mol. The number of fused-ring (bicyclic) bond motifs is 4. The lowest BCUT2D eigenvalue weighted by Crippen LogP contribution is -2.06. The number of aryl methyl sites for hydroxylation is 4. The molecule has 0 aliphatic carbocycles. The summed E-state index contributed by atoms with van der Waals surface area (Å²) >= 11 is 3.43. The zero-order chi connectivity index (χ0) is 26.8. The molecule has 0 saturated carbocycles. The molecule has 0 atom stereocenters. The highest BCUT2D eigenvalue weighted by Crippen LogP contribution is 2.30. The van der Waals surface area contributed by atoms with Crippen LogP contribution >= 0.6 is 22.7 Å². The summed E-state index contributed by atoms with van der Waals surface area (Å²) in [5, 5.41) is 3.57. The van der Waals surface area contributed by atoms with Gasteiger partial charge in [-0.05, 0) is 84.3 Å². The van der Waals surface area contributed by atoms with Gasteiger partial charge in [0.1, 0.15) is 0 Å². The second-order valence-electron chi connectivity index (χ2n) is 9.42. The minimum Gasteiger partial charge on any atom is -0.288 e. The highest BCUT2D eigenvalue weighted by molar-refractivity contribution is 7.25. The van der Waals surface area contributed by atoms with Gasteiger partial charge in [-0.3, -0.25) is 9.59 Å². The Morgan fingerprint density at radius 3 is 1.24 bits per heavy atom. The Bertz CT molecular complexity index is 1770. The van der Waals surface area contributed by atoms with Crippen LogP contribution < -0.4 is 10.9 Å². The third kappa shape index (κ3) is 4.57. The fourth-order valence-corrected chi connectivity index (χ4v) is 7.69. The van der Waals surface area contributed by atoms with E-state index >= 15 is 0 Å². The van der Waals surface area contributed by atoms with E-state index in [0.29, 0.717) is 0 Å². The predicted molar refractivity (Wildman–Crippen MR) is 169 cm³/mol. The Kier molecular flexibility index (Phi) is 7.73. The molecular formula is C34H32O2S2. The summed E-state index contributed by atoms with van der Waals surface area (Å²) in [7, 11) is 0. The molecule has 0 spiro atoms. The zero-order valence-corrected chi connectivity index (χ0v) is 24.0. The maximum Gasteiger partial charge on any atom is 0.196 e. The molecule has 6 aromatic rings. The molecule has 0 aliphatic rings. The number of rotatable bonds is 4. The Morgan fingerprint density at radius 2 is 0.868 bits per heavy atom. The van der Waals surface area contributed by atoms with E-state index in [1.54, 1.807) is 22.7 Å². The lowest BCUT2D eigenvalue weighted by atomic mass is 9.98. The minimum atomic E-state index is 0.191. The minimum absolute atomic E-state index is 0.191. The molecule has 0 saturated heterocycles. The molecule has 2 aromatic heterocycles. The maximum absolute atomic E-state index is 12.7. The van der Waals surface area contributed by atoms with Crippen molar-refractivity contribution in [2.24, 2.45) is 0 Å². The fourth-order valence-electron chi connectivity index (χ4n) is 5.47. The van der Waals surface area contributed by atoms with Crippen LogP contribution in [0.3, 0.4) is 0 Å². The lowest BCUT2D eigenvalue weighted by molar-refractivity contribution is 1.05. The third-order valence-corrected chi connectivity index (χ3v) is 9.64. The predicted octanol–water partition coefficient (Wildman–Crippen LogP) is 9.08. The van der Waals surface area contributed by atoms with Crippen molar-refractivity contribution in [2.45, 2.75) is 53.4 Å². The number of hydrogen-bond donors (Lipinski definition) is 0. The molecule has 2 nitrogen and oxygen atoms in total. The van der Waals surface area contributed by atoms with E-state index in [0.717, 1.165) is 66.0 Å². The van der Waals surface area contributed by atoms with Gasteiger partial charge in [-0.1, -0.05) is 64.1 Å². The quantitative estimate of drug-likeness (QED) is 0.211. The highest BCUT2D eigenvalue weighted by Gasteiger charge is 2.13. The Hall–Kier alpha value is -3.34. The van der Waals surface area contributed by atoms with E-state index in [9.17, 15) is 9.59 Å². The van der Waals surface area contributed by atoms with Gasteiger partial charge >= 0.3 is 0 Å². The molecule has 38 heavy (non-hydrogen) atoms. The lowest BCUT2D eigenvalue weighted by Gasteiger charge is -2.10. The standard InChI is InChI=1S/2C17H16OS/c2*1-3-11-9-10-15-16(12(11)4-2)17(18)13-7-5-6-8-14(13)19-15/h2*5-10H,3-4H2,1-2H3. The van der Waals surface area contributed by atoms with Gasteiger partial charge in [0.2, 0.25) is 0 Å². The Labute approximate surface area is 231 Å². The molecule has 0 N–H and O–H groups in total. The number of benzene rings is 4. The highest BCUT2D eigenvalue weighted by atomic mass is 32.1. The van der Waals surface area contributed by atoms with E-state index in [4.69, 9.17) is 0 Å². The monoisotopic (exact) mass is 536 g/mol. The summed E-state index contributed by atoms with van der Waals surface area (Å²) in [5.74, 6) is 0. The molecule has 2 heterocycles. The van der Waals surface area contributed by atoms with Crippen LogP contribution in [-0.2, 0) is 25.7 Å². The zero-order valence-electron chi connectivity index (χ0n) is 22.4. The van der Waals surface area contributed by atoms with Crippen molar-refractivity contribution in [3.63, 3.8) is 0 Å². The number of hydrogen-bond acceptors (Lipinski definition) is 4. The van der Waals surface area contributed by atoms with Gasteiger partial charge in [0.15, 0.2) is 10.9 Å². The molecule has 0 fully saturated rings. The second-order valence-corrected chi connectivity index (χ2v) is 11.6. The van der Waals surface area contributed by atoms with Crippen LogP contribution in [-0.4, -0.2) is 0 Å². The van der Waals surface area contributed by atoms with Gasteiger partial charge in [-0.15, -0.1) is 22.7 Å². The van der Waals surface area contributed by atoms with Crippen LogP contribution in [0.4, 0.5) is 0 Å². The van der Waals surface area contributed by atoms with Crippen LogP contribution in [0.25, 0.3) is 40.3 Å². The first-order valence-corrected chi connectivity index (χ1v) is 15.1. The van der Waals surface area contributed by atoms with Gasteiger partial charge in [0.25, 0.3) is 0 Å². The van der Waals surface area contributed by atoms with E-state index in [-0.39, 0.29) is 10.9 Å².